The highest BCUT2D eigenvalue weighted by Gasteiger charge is 2.60. The molecule has 4 aliphatic rings. The van der Waals surface area contributed by atoms with Crippen LogP contribution in [0.3, 0.4) is 0 Å². The number of hydrogen-bond acceptors (Lipinski definition) is 4. The lowest BCUT2D eigenvalue weighted by molar-refractivity contribution is -0.00153. The Bertz CT molecular complexity index is 785. The molecule has 1 atom stereocenters. The first-order chi connectivity index (χ1) is 11.2. The van der Waals surface area contributed by atoms with Crippen molar-refractivity contribution in [3.8, 4) is 0 Å². The molecule has 120 valence electrons. The third-order valence-corrected chi connectivity index (χ3v) is 6.25. The maximum absolute atomic E-state index is 12.9. The average Bonchev–Trinajstić information content (AvgIpc) is 3.18. The number of aryl methyl sites for hydroxylation is 1. The fraction of sp³-hybridized carbons (Fsp3) is 0.556. The van der Waals surface area contributed by atoms with Crippen LogP contribution < -0.4 is 5.32 Å². The SMILES string of the molecule is Cc1c(C(=O)N[C@H]2C3CCN(CC3)C23CC3)ncc2occc12. The fourth-order valence-corrected chi connectivity index (χ4v) is 4.84. The molecule has 1 N–H and O–H groups in total. The Morgan fingerprint density at radius 2 is 2.17 bits per heavy atom. The zero-order valence-electron chi connectivity index (χ0n) is 13.3. The largest absolute Gasteiger partial charge is 0.463 e. The molecule has 1 spiro atoms. The maximum atomic E-state index is 12.9. The van der Waals surface area contributed by atoms with Gasteiger partial charge in [0.1, 0.15) is 5.69 Å². The van der Waals surface area contributed by atoms with E-state index in [1.54, 1.807) is 12.5 Å². The summed E-state index contributed by atoms with van der Waals surface area (Å²) in [6.45, 7) is 4.35. The molecule has 1 saturated carbocycles. The van der Waals surface area contributed by atoms with Crippen LogP contribution in [0, 0.1) is 12.8 Å². The second-order valence-electron chi connectivity index (χ2n) is 7.31. The van der Waals surface area contributed by atoms with Crippen LogP contribution in [0.1, 0.15) is 41.7 Å². The summed E-state index contributed by atoms with van der Waals surface area (Å²) in [6, 6.07) is 2.19. The first-order valence-electron chi connectivity index (χ1n) is 8.58. The molecule has 6 rings (SSSR count). The van der Waals surface area contributed by atoms with E-state index in [1.807, 2.05) is 13.0 Å². The molecule has 23 heavy (non-hydrogen) atoms. The van der Waals surface area contributed by atoms with E-state index in [4.69, 9.17) is 4.42 Å². The van der Waals surface area contributed by atoms with Gasteiger partial charge in [0.05, 0.1) is 18.5 Å². The van der Waals surface area contributed by atoms with Gasteiger partial charge >= 0.3 is 0 Å². The Balaban J connectivity index is 1.45. The van der Waals surface area contributed by atoms with Crippen molar-refractivity contribution >= 4 is 16.9 Å². The molecule has 5 heteroatoms. The highest BCUT2D eigenvalue weighted by Crippen LogP contribution is 2.53. The van der Waals surface area contributed by atoms with Crippen LogP contribution in [0.4, 0.5) is 0 Å². The number of nitrogens with zero attached hydrogens (tertiary/aromatic N) is 2. The van der Waals surface area contributed by atoms with E-state index in [2.05, 4.69) is 15.2 Å². The number of aromatic nitrogens is 1. The van der Waals surface area contributed by atoms with Gasteiger partial charge in [-0.05, 0) is 63.2 Å². The minimum absolute atomic E-state index is 0.0318. The highest BCUT2D eigenvalue weighted by atomic mass is 16.3. The zero-order chi connectivity index (χ0) is 15.6. The lowest BCUT2D eigenvalue weighted by Crippen LogP contribution is -2.65. The molecule has 0 aromatic carbocycles. The summed E-state index contributed by atoms with van der Waals surface area (Å²) in [5, 5.41) is 4.32. The van der Waals surface area contributed by atoms with Crippen LogP contribution in [0.15, 0.2) is 22.9 Å². The van der Waals surface area contributed by atoms with Gasteiger partial charge < -0.3 is 9.73 Å². The Kier molecular flexibility index (Phi) is 2.69. The molecule has 2 aromatic heterocycles. The summed E-state index contributed by atoms with van der Waals surface area (Å²) >= 11 is 0. The molecular formula is C18H21N3O2. The highest BCUT2D eigenvalue weighted by molar-refractivity contribution is 5.98. The number of nitrogens with one attached hydrogen (secondary N) is 1. The summed E-state index contributed by atoms with van der Waals surface area (Å²) in [6.07, 6.45) is 8.16. The summed E-state index contributed by atoms with van der Waals surface area (Å²) in [4.78, 5) is 19.8. The molecule has 0 radical (unpaired) electrons. The molecule has 3 aliphatic heterocycles. The molecule has 1 aliphatic carbocycles. The van der Waals surface area contributed by atoms with Crippen molar-refractivity contribution in [2.75, 3.05) is 13.1 Å². The molecule has 4 fully saturated rings. The van der Waals surface area contributed by atoms with Crippen molar-refractivity contribution in [2.24, 2.45) is 5.92 Å². The third-order valence-electron chi connectivity index (χ3n) is 6.25. The number of carbonyl (C=O) groups is 1. The number of amides is 1. The van der Waals surface area contributed by atoms with E-state index in [0.717, 1.165) is 16.5 Å². The molecule has 2 aromatic rings. The fourth-order valence-electron chi connectivity index (χ4n) is 4.84. The molecule has 5 nitrogen and oxygen atoms in total. The van der Waals surface area contributed by atoms with Crippen LogP contribution in [-0.2, 0) is 0 Å². The number of hydrogen-bond donors (Lipinski definition) is 1. The van der Waals surface area contributed by atoms with E-state index in [1.165, 1.54) is 38.8 Å². The summed E-state index contributed by atoms with van der Waals surface area (Å²) in [5.74, 6) is 0.597. The van der Waals surface area contributed by atoms with Gasteiger partial charge in [-0.25, -0.2) is 4.98 Å². The number of rotatable bonds is 2. The average molecular weight is 311 g/mol. The predicted octanol–water partition coefficient (Wildman–Crippen LogP) is 2.49. The number of piperidine rings is 3. The van der Waals surface area contributed by atoms with Crippen LogP contribution >= 0.6 is 0 Å². The van der Waals surface area contributed by atoms with Crippen molar-refractivity contribution in [1.29, 1.82) is 0 Å². The Morgan fingerprint density at radius 1 is 1.39 bits per heavy atom. The number of pyridine rings is 1. The molecule has 1 amide bonds. The number of furan rings is 1. The maximum Gasteiger partial charge on any atom is 0.270 e. The van der Waals surface area contributed by atoms with Crippen LogP contribution in [-0.4, -0.2) is 40.5 Å². The minimum Gasteiger partial charge on any atom is -0.463 e. The summed E-state index contributed by atoms with van der Waals surface area (Å²) in [5.41, 5.74) is 2.43. The van der Waals surface area contributed by atoms with Gasteiger partial charge in [0.15, 0.2) is 5.58 Å². The Labute approximate surface area is 135 Å². The van der Waals surface area contributed by atoms with Crippen LogP contribution in [0.2, 0.25) is 0 Å². The van der Waals surface area contributed by atoms with E-state index < -0.39 is 0 Å². The van der Waals surface area contributed by atoms with E-state index in [9.17, 15) is 4.79 Å². The second kappa shape index (κ2) is 4.57. The monoisotopic (exact) mass is 311 g/mol. The van der Waals surface area contributed by atoms with Crippen molar-refractivity contribution in [3.63, 3.8) is 0 Å². The summed E-state index contributed by atoms with van der Waals surface area (Å²) in [7, 11) is 0. The smallest absolute Gasteiger partial charge is 0.270 e. The summed E-state index contributed by atoms with van der Waals surface area (Å²) < 4.78 is 5.37. The van der Waals surface area contributed by atoms with Crippen molar-refractivity contribution < 1.29 is 9.21 Å². The van der Waals surface area contributed by atoms with Gasteiger partial charge in [0, 0.05) is 10.9 Å². The molecule has 5 heterocycles. The molecule has 2 bridgehead atoms. The van der Waals surface area contributed by atoms with Crippen molar-refractivity contribution in [3.05, 3.63) is 29.8 Å². The van der Waals surface area contributed by atoms with Crippen molar-refractivity contribution in [2.45, 2.75) is 44.2 Å². The lowest BCUT2D eigenvalue weighted by atomic mass is 9.77. The van der Waals surface area contributed by atoms with Gasteiger partial charge in [-0.2, -0.15) is 0 Å². The van der Waals surface area contributed by atoms with Gasteiger partial charge in [0.2, 0.25) is 0 Å². The van der Waals surface area contributed by atoms with Crippen molar-refractivity contribution in [1.82, 2.24) is 15.2 Å². The number of carbonyl (C=O) groups excluding carboxylic acids is 1. The van der Waals surface area contributed by atoms with E-state index in [-0.39, 0.29) is 11.4 Å². The van der Waals surface area contributed by atoms with Crippen LogP contribution in [0.5, 0.6) is 0 Å². The molecule has 0 unspecified atom stereocenters. The minimum atomic E-state index is -0.0318. The number of fused-ring (bicyclic) bond motifs is 3. The van der Waals surface area contributed by atoms with E-state index >= 15 is 0 Å². The van der Waals surface area contributed by atoms with Gasteiger partial charge in [-0.1, -0.05) is 0 Å². The van der Waals surface area contributed by atoms with Gasteiger partial charge in [-0.3, -0.25) is 9.69 Å². The van der Waals surface area contributed by atoms with Gasteiger partial charge in [0.25, 0.3) is 5.91 Å². The Morgan fingerprint density at radius 3 is 2.91 bits per heavy atom. The van der Waals surface area contributed by atoms with E-state index in [0.29, 0.717) is 17.7 Å². The Hall–Kier alpha value is -1.88. The lowest BCUT2D eigenvalue weighted by Gasteiger charge is -2.52. The molecule has 3 saturated heterocycles. The third kappa shape index (κ3) is 1.83. The normalized spacial score (nSPS) is 30.7. The topological polar surface area (TPSA) is 58.4 Å². The predicted molar refractivity (Wildman–Crippen MR) is 86.3 cm³/mol. The zero-order valence-corrected chi connectivity index (χ0v) is 13.3. The standard InChI is InChI=1S/C18H21N3O2/c1-11-13-4-9-23-14(13)10-19-15(11)17(22)20-16-12-2-7-21(8-3-12)18(16)5-6-18/h4,9-10,12,16H,2-3,5-8H2,1H3,(H,20,22)/t16-/m0/s1. The van der Waals surface area contributed by atoms with Crippen LogP contribution in [0.25, 0.3) is 11.0 Å². The molecular weight excluding hydrogens is 290 g/mol. The van der Waals surface area contributed by atoms with Gasteiger partial charge in [-0.15, -0.1) is 0 Å². The first-order valence-corrected chi connectivity index (χ1v) is 8.58. The quantitative estimate of drug-likeness (QED) is 0.926. The first kappa shape index (κ1) is 13.5. The second-order valence-corrected chi connectivity index (χ2v) is 7.31.